The lowest BCUT2D eigenvalue weighted by Gasteiger charge is -2.21. The van der Waals surface area contributed by atoms with E-state index in [2.05, 4.69) is 0 Å². The summed E-state index contributed by atoms with van der Waals surface area (Å²) < 4.78 is 0. The van der Waals surface area contributed by atoms with Gasteiger partial charge in [0.25, 0.3) is 0 Å². The molecular formula is C8H10O6. The molecule has 0 spiro atoms. The van der Waals surface area contributed by atoms with Crippen LogP contribution in [0.15, 0.2) is 0 Å². The summed E-state index contributed by atoms with van der Waals surface area (Å²) >= 11 is 0. The van der Waals surface area contributed by atoms with Crippen molar-refractivity contribution < 1.29 is 30.0 Å². The summed E-state index contributed by atoms with van der Waals surface area (Å²) in [6, 6.07) is 0. The van der Waals surface area contributed by atoms with Gasteiger partial charge in [0.15, 0.2) is 0 Å². The Morgan fingerprint density at radius 3 is 1.86 bits per heavy atom. The van der Waals surface area contributed by atoms with Crippen LogP contribution in [-0.2, 0) is 9.59 Å². The van der Waals surface area contributed by atoms with Crippen molar-refractivity contribution in [2.75, 3.05) is 0 Å². The highest BCUT2D eigenvalue weighted by Crippen LogP contribution is 2.19. The van der Waals surface area contributed by atoms with Crippen molar-refractivity contribution in [2.24, 2.45) is 0 Å². The second-order valence-corrected chi connectivity index (χ2v) is 2.83. The van der Waals surface area contributed by atoms with Crippen molar-refractivity contribution in [2.45, 2.75) is 24.9 Å². The van der Waals surface area contributed by atoms with E-state index in [0.29, 0.717) is 0 Å². The maximum Gasteiger partial charge on any atom is 0.306 e. The second-order valence-electron chi connectivity index (χ2n) is 2.83. The average molecular weight is 202 g/mol. The molecule has 0 saturated carbocycles. The van der Waals surface area contributed by atoms with Gasteiger partial charge in [0.1, 0.15) is 6.11 Å². The fourth-order valence-electron chi connectivity index (χ4n) is 0.955. The zero-order valence-corrected chi connectivity index (χ0v) is 7.23. The van der Waals surface area contributed by atoms with E-state index in [4.69, 9.17) is 15.3 Å². The fourth-order valence-corrected chi connectivity index (χ4v) is 0.955. The number of hydrogen-bond donors (Lipinski definition) is 4. The number of carboxylic acids is 2. The van der Waals surface area contributed by atoms with Crippen LogP contribution >= 0.6 is 0 Å². The Bertz CT molecular complexity index is 268. The fraction of sp³-hybridized carbons (Fsp3) is 0.500. The zero-order chi connectivity index (χ0) is 11.2. The van der Waals surface area contributed by atoms with E-state index in [0.717, 1.165) is 0 Å². The van der Waals surface area contributed by atoms with Crippen LogP contribution in [0.1, 0.15) is 19.3 Å². The highest BCUT2D eigenvalue weighted by molar-refractivity contribution is 5.72. The molecule has 78 valence electrons. The number of carboxylic acid groups (broad SMARTS) is 2. The van der Waals surface area contributed by atoms with Gasteiger partial charge in [-0.25, -0.2) is 0 Å². The first-order valence-electron chi connectivity index (χ1n) is 3.67. The molecule has 0 unspecified atom stereocenters. The Labute approximate surface area is 79.8 Å². The molecule has 0 atom stereocenters. The Balaban J connectivity index is 4.52. The van der Waals surface area contributed by atoms with Crippen LogP contribution in [-0.4, -0.2) is 38.0 Å². The van der Waals surface area contributed by atoms with E-state index in [1.54, 1.807) is 0 Å². The zero-order valence-electron chi connectivity index (χ0n) is 7.23. The smallest absolute Gasteiger partial charge is 0.306 e. The molecule has 0 rings (SSSR count). The van der Waals surface area contributed by atoms with Crippen LogP contribution in [0, 0.1) is 12.0 Å². The first-order valence-corrected chi connectivity index (χ1v) is 3.67. The van der Waals surface area contributed by atoms with Crippen LogP contribution in [0.2, 0.25) is 0 Å². The summed E-state index contributed by atoms with van der Waals surface area (Å²) in [5, 5.41) is 34.4. The van der Waals surface area contributed by atoms with Crippen molar-refractivity contribution in [3.63, 3.8) is 0 Å². The summed E-state index contributed by atoms with van der Waals surface area (Å²) in [7, 11) is 0. The number of aliphatic hydroxyl groups excluding tert-OH is 1. The van der Waals surface area contributed by atoms with Crippen LogP contribution in [0.4, 0.5) is 0 Å². The molecule has 0 aliphatic carbocycles. The third kappa shape index (κ3) is 5.00. The van der Waals surface area contributed by atoms with Gasteiger partial charge in [-0.3, -0.25) is 9.59 Å². The number of hydrogen-bond acceptors (Lipinski definition) is 4. The molecule has 0 aromatic heterocycles. The molecule has 0 amide bonds. The van der Waals surface area contributed by atoms with Crippen molar-refractivity contribution in [1.82, 2.24) is 0 Å². The van der Waals surface area contributed by atoms with E-state index in [1.165, 1.54) is 6.11 Å². The van der Waals surface area contributed by atoms with Crippen LogP contribution in [0.25, 0.3) is 0 Å². The largest absolute Gasteiger partial charge is 0.481 e. The number of carbonyl (C=O) groups is 2. The topological polar surface area (TPSA) is 115 Å². The van der Waals surface area contributed by atoms with Gasteiger partial charge in [0.05, 0.1) is 18.4 Å². The molecule has 0 saturated heterocycles. The van der Waals surface area contributed by atoms with Crippen LogP contribution < -0.4 is 0 Å². The Hall–Kier alpha value is -1.74. The molecule has 0 fully saturated rings. The standard InChI is InChI=1S/C8H10O6/c9-3-1-2-8(14,4-6(10)11)5-7(12)13/h9,14H,2,4-5H2,(H,10,11)(H,12,13). The van der Waals surface area contributed by atoms with Crippen molar-refractivity contribution in [3.8, 4) is 12.0 Å². The summed E-state index contributed by atoms with van der Waals surface area (Å²) in [6.07, 6.45) is -0.383. The molecule has 14 heavy (non-hydrogen) atoms. The lowest BCUT2D eigenvalue weighted by Crippen LogP contribution is -2.34. The Morgan fingerprint density at radius 1 is 1.14 bits per heavy atom. The second kappa shape index (κ2) is 5.09. The van der Waals surface area contributed by atoms with Gasteiger partial charge >= 0.3 is 11.9 Å². The van der Waals surface area contributed by atoms with Gasteiger partial charge in [-0.05, 0) is 0 Å². The molecule has 0 bridgehead atoms. The highest BCUT2D eigenvalue weighted by atomic mass is 16.4. The van der Waals surface area contributed by atoms with Gasteiger partial charge in [-0.1, -0.05) is 5.92 Å². The summed E-state index contributed by atoms with van der Waals surface area (Å²) in [6.45, 7) is 0. The number of aliphatic carboxylic acids is 2. The summed E-state index contributed by atoms with van der Waals surface area (Å²) in [4.78, 5) is 20.6. The van der Waals surface area contributed by atoms with Gasteiger partial charge in [-0.15, -0.1) is 0 Å². The molecule has 0 aromatic rings. The molecule has 0 aliphatic rings. The minimum absolute atomic E-state index is 0.401. The molecule has 0 radical (unpaired) electrons. The van der Waals surface area contributed by atoms with Gasteiger partial charge in [-0.2, -0.15) is 0 Å². The maximum absolute atomic E-state index is 10.3. The van der Waals surface area contributed by atoms with Gasteiger partial charge in [0, 0.05) is 6.42 Å². The molecule has 4 N–H and O–H groups in total. The van der Waals surface area contributed by atoms with Crippen LogP contribution in [0.3, 0.4) is 0 Å². The van der Waals surface area contributed by atoms with E-state index in [-0.39, 0.29) is 0 Å². The molecule has 0 heterocycles. The predicted octanol–water partition coefficient (Wildman–Crippen LogP) is -0.610. The maximum atomic E-state index is 10.3. The minimum Gasteiger partial charge on any atom is -0.481 e. The lowest BCUT2D eigenvalue weighted by molar-refractivity contribution is -0.148. The predicted molar refractivity (Wildman–Crippen MR) is 43.8 cm³/mol. The molecule has 6 heteroatoms. The number of rotatable bonds is 5. The SMILES string of the molecule is O=C(O)CC(O)(CC#CO)CC(=O)O. The summed E-state index contributed by atoms with van der Waals surface area (Å²) in [5.41, 5.74) is -1.94. The first-order chi connectivity index (χ1) is 6.39. The van der Waals surface area contributed by atoms with Crippen molar-refractivity contribution >= 4 is 11.9 Å². The molecule has 0 aromatic carbocycles. The Kier molecular flexibility index (Phi) is 4.46. The molecule has 0 aliphatic heterocycles. The van der Waals surface area contributed by atoms with E-state index in [1.807, 2.05) is 5.92 Å². The van der Waals surface area contributed by atoms with E-state index >= 15 is 0 Å². The number of aliphatic hydroxyl groups is 2. The van der Waals surface area contributed by atoms with Gasteiger partial charge < -0.3 is 20.4 Å². The third-order valence-electron chi connectivity index (χ3n) is 1.46. The minimum atomic E-state index is -1.94. The summed E-state index contributed by atoms with van der Waals surface area (Å²) in [5.74, 6) is -0.622. The van der Waals surface area contributed by atoms with Crippen molar-refractivity contribution in [1.29, 1.82) is 0 Å². The van der Waals surface area contributed by atoms with Crippen molar-refractivity contribution in [3.05, 3.63) is 0 Å². The monoisotopic (exact) mass is 202 g/mol. The van der Waals surface area contributed by atoms with Crippen LogP contribution in [0.5, 0.6) is 0 Å². The van der Waals surface area contributed by atoms with E-state index < -0.39 is 36.8 Å². The first kappa shape index (κ1) is 12.3. The average Bonchev–Trinajstić information content (AvgIpc) is 1.97. The van der Waals surface area contributed by atoms with E-state index in [9.17, 15) is 14.7 Å². The normalized spacial score (nSPS) is 10.1. The van der Waals surface area contributed by atoms with Gasteiger partial charge in [0.2, 0.25) is 0 Å². The Morgan fingerprint density at radius 2 is 1.57 bits per heavy atom. The highest BCUT2D eigenvalue weighted by Gasteiger charge is 2.32. The molecule has 6 nitrogen and oxygen atoms in total. The molecular weight excluding hydrogens is 192 g/mol. The quantitative estimate of drug-likeness (QED) is 0.442. The lowest BCUT2D eigenvalue weighted by atomic mass is 9.92. The third-order valence-corrected chi connectivity index (χ3v) is 1.46.